The van der Waals surface area contributed by atoms with Crippen LogP contribution in [0.5, 0.6) is 5.75 Å². The minimum atomic E-state index is -1.09. The third-order valence-electron chi connectivity index (χ3n) is 6.38. The smallest absolute Gasteiger partial charge is 0.121 e. The van der Waals surface area contributed by atoms with Crippen LogP contribution in [0.1, 0.15) is 29.8 Å². The van der Waals surface area contributed by atoms with E-state index in [1.54, 1.807) is 25.3 Å². The number of anilines is 1. The highest BCUT2D eigenvalue weighted by Gasteiger charge is 2.34. The summed E-state index contributed by atoms with van der Waals surface area (Å²) in [4.78, 5) is 8.80. The number of nitrogens with zero attached hydrogens (tertiary/aromatic N) is 3. The number of halogens is 1. The average Bonchev–Trinajstić information content (AvgIpc) is 2.88. The van der Waals surface area contributed by atoms with E-state index in [-0.39, 0.29) is 25.9 Å². The summed E-state index contributed by atoms with van der Waals surface area (Å²) < 4.78 is 5.51. The summed E-state index contributed by atoms with van der Waals surface area (Å²) in [6.07, 6.45) is 1.64. The van der Waals surface area contributed by atoms with Crippen LogP contribution in [0.3, 0.4) is 0 Å². The normalized spacial score (nSPS) is 18.3. The van der Waals surface area contributed by atoms with Crippen LogP contribution in [0.4, 0.5) is 5.69 Å². The Kier molecular flexibility index (Phi) is 8.26. The molecular weight excluding hydrogens is 466 g/mol. The Morgan fingerprint density at radius 2 is 1.89 bits per heavy atom. The number of aromatic nitrogens is 1. The van der Waals surface area contributed by atoms with Crippen molar-refractivity contribution in [3.05, 3.63) is 88.7 Å². The van der Waals surface area contributed by atoms with E-state index in [2.05, 4.69) is 26.9 Å². The fraction of sp³-hybridized carbons (Fsp3) is 0.370. The average molecular weight is 498 g/mol. The predicted molar refractivity (Wildman–Crippen MR) is 137 cm³/mol. The van der Waals surface area contributed by atoms with Crippen molar-refractivity contribution in [2.45, 2.75) is 25.2 Å². The van der Waals surface area contributed by atoms with E-state index in [0.717, 1.165) is 24.3 Å². The Balaban J connectivity index is 1.55. The van der Waals surface area contributed by atoms with Gasteiger partial charge in [0, 0.05) is 44.0 Å². The molecule has 1 aliphatic heterocycles. The Morgan fingerprint density at radius 3 is 2.54 bits per heavy atom. The molecule has 1 saturated heterocycles. The summed E-state index contributed by atoms with van der Waals surface area (Å²) in [6.45, 7) is 4.48. The second-order valence-electron chi connectivity index (χ2n) is 9.01. The van der Waals surface area contributed by atoms with E-state index in [0.29, 0.717) is 29.6 Å². The zero-order valence-electron chi connectivity index (χ0n) is 19.8. The number of piperazine rings is 1. The Labute approximate surface area is 211 Å². The van der Waals surface area contributed by atoms with E-state index in [1.165, 1.54) is 5.56 Å². The van der Waals surface area contributed by atoms with Crippen molar-refractivity contribution in [2.24, 2.45) is 0 Å². The zero-order valence-corrected chi connectivity index (χ0v) is 20.6. The third-order valence-corrected chi connectivity index (χ3v) is 6.68. The summed E-state index contributed by atoms with van der Waals surface area (Å²) in [5.41, 5.74) is 2.30. The van der Waals surface area contributed by atoms with Gasteiger partial charge in [-0.3, -0.25) is 9.88 Å². The fourth-order valence-corrected chi connectivity index (χ4v) is 4.85. The Hall–Kier alpha value is -2.68. The van der Waals surface area contributed by atoms with Gasteiger partial charge in [0.05, 0.1) is 35.7 Å². The first-order valence-electron chi connectivity index (χ1n) is 11.8. The van der Waals surface area contributed by atoms with Crippen LogP contribution >= 0.6 is 11.6 Å². The zero-order chi connectivity index (χ0) is 24.8. The van der Waals surface area contributed by atoms with E-state index in [9.17, 15) is 10.2 Å². The lowest BCUT2D eigenvalue weighted by atomic mass is 9.95. The van der Waals surface area contributed by atoms with Crippen LogP contribution in [0.25, 0.3) is 0 Å². The van der Waals surface area contributed by atoms with Gasteiger partial charge in [0.25, 0.3) is 0 Å². The van der Waals surface area contributed by atoms with Gasteiger partial charge in [0.15, 0.2) is 0 Å². The molecule has 8 heteroatoms. The van der Waals surface area contributed by atoms with E-state index >= 15 is 0 Å². The Bertz CT molecular complexity index is 1100. The number of ether oxygens (including phenoxy) is 1. The van der Waals surface area contributed by atoms with Crippen molar-refractivity contribution in [1.82, 2.24) is 9.88 Å². The number of β-amino-alcohol motifs (C(OH)–C–C–N with tert-alkyl or cyclic N) is 1. The minimum absolute atomic E-state index is 0.0392. The molecule has 1 aromatic heterocycles. The van der Waals surface area contributed by atoms with Crippen molar-refractivity contribution < 1.29 is 20.1 Å². The lowest BCUT2D eigenvalue weighted by Gasteiger charge is -2.45. The lowest BCUT2D eigenvalue weighted by molar-refractivity contribution is 0.00997. The van der Waals surface area contributed by atoms with Gasteiger partial charge < -0.3 is 25.0 Å². The van der Waals surface area contributed by atoms with Crippen molar-refractivity contribution in [1.29, 1.82) is 0 Å². The molecule has 2 aromatic carbocycles. The van der Waals surface area contributed by atoms with Crippen molar-refractivity contribution in [2.75, 3.05) is 44.3 Å². The van der Waals surface area contributed by atoms with E-state index < -0.39 is 5.60 Å². The number of rotatable bonds is 9. The number of benzene rings is 2. The molecule has 2 heterocycles. The molecule has 0 radical (unpaired) electrons. The van der Waals surface area contributed by atoms with E-state index in [1.807, 2.05) is 36.4 Å². The number of hydrogen-bond acceptors (Lipinski definition) is 7. The molecule has 4 rings (SSSR count). The quantitative estimate of drug-likeness (QED) is 0.417. The molecule has 3 N–H and O–H groups in total. The van der Waals surface area contributed by atoms with Crippen molar-refractivity contribution >= 4 is 17.3 Å². The molecular formula is C27H32ClN3O4. The summed E-state index contributed by atoms with van der Waals surface area (Å²) in [6, 6.07) is 19.5. The highest BCUT2D eigenvalue weighted by Crippen LogP contribution is 2.37. The van der Waals surface area contributed by atoms with Gasteiger partial charge in [-0.15, -0.1) is 0 Å². The second-order valence-corrected chi connectivity index (χ2v) is 9.42. The standard InChI is InChI=1S/C27H32ClN3O4/c1-27(34,21-7-8-22(18-33)29-16-21)19-30-11-12-31(26(17-30)20-5-3-2-4-6-20)25-10-9-23(15-24(25)28)35-14-13-32/h2-10,15-16,26,32-34H,11-14,17-19H2,1H3/t26?,27-/m1/s1. The molecule has 0 bridgehead atoms. The molecule has 0 aliphatic carbocycles. The summed E-state index contributed by atoms with van der Waals surface area (Å²) >= 11 is 6.68. The van der Waals surface area contributed by atoms with Crippen molar-refractivity contribution in [3.63, 3.8) is 0 Å². The van der Waals surface area contributed by atoms with Gasteiger partial charge in [-0.2, -0.15) is 0 Å². The van der Waals surface area contributed by atoms with Crippen LogP contribution in [0, 0.1) is 0 Å². The summed E-state index contributed by atoms with van der Waals surface area (Å²) in [5.74, 6) is 0.625. The minimum Gasteiger partial charge on any atom is -0.491 e. The fourth-order valence-electron chi connectivity index (χ4n) is 4.57. The SMILES string of the molecule is C[C@@](O)(CN1CCN(c2ccc(OCCO)cc2Cl)C(c2ccccc2)C1)c1ccc(CO)nc1. The highest BCUT2D eigenvalue weighted by molar-refractivity contribution is 6.33. The summed E-state index contributed by atoms with van der Waals surface area (Å²) in [7, 11) is 0. The molecule has 186 valence electrons. The van der Waals surface area contributed by atoms with Gasteiger partial charge in [-0.25, -0.2) is 0 Å². The molecule has 1 unspecified atom stereocenters. The monoisotopic (exact) mass is 497 g/mol. The van der Waals surface area contributed by atoms with Crippen LogP contribution in [-0.4, -0.2) is 64.6 Å². The molecule has 2 atom stereocenters. The molecule has 1 aliphatic rings. The van der Waals surface area contributed by atoms with Gasteiger partial charge >= 0.3 is 0 Å². The Morgan fingerprint density at radius 1 is 1.09 bits per heavy atom. The number of aliphatic hydroxyl groups is 3. The first-order chi connectivity index (χ1) is 16.9. The highest BCUT2D eigenvalue weighted by atomic mass is 35.5. The van der Waals surface area contributed by atoms with Gasteiger partial charge in [-0.1, -0.05) is 48.0 Å². The van der Waals surface area contributed by atoms with E-state index in [4.69, 9.17) is 21.4 Å². The molecule has 35 heavy (non-hydrogen) atoms. The maximum absolute atomic E-state index is 11.3. The maximum atomic E-state index is 11.3. The van der Waals surface area contributed by atoms with Gasteiger partial charge in [-0.05, 0) is 30.7 Å². The number of hydrogen-bond donors (Lipinski definition) is 3. The first-order valence-corrected chi connectivity index (χ1v) is 12.1. The van der Waals surface area contributed by atoms with Crippen LogP contribution in [0.15, 0.2) is 66.9 Å². The molecule has 0 amide bonds. The van der Waals surface area contributed by atoms with Crippen molar-refractivity contribution in [3.8, 4) is 5.75 Å². The maximum Gasteiger partial charge on any atom is 0.121 e. The lowest BCUT2D eigenvalue weighted by Crippen LogP contribution is -2.52. The molecule has 3 aromatic rings. The largest absolute Gasteiger partial charge is 0.491 e. The van der Waals surface area contributed by atoms with Gasteiger partial charge in [0.1, 0.15) is 18.0 Å². The first kappa shape index (κ1) is 25.4. The number of pyridine rings is 1. The van der Waals surface area contributed by atoms with Crippen LogP contribution in [-0.2, 0) is 12.2 Å². The number of aliphatic hydroxyl groups excluding tert-OH is 2. The van der Waals surface area contributed by atoms with Crippen LogP contribution in [0.2, 0.25) is 5.02 Å². The summed E-state index contributed by atoms with van der Waals surface area (Å²) in [5, 5.41) is 30.1. The van der Waals surface area contributed by atoms with Crippen LogP contribution < -0.4 is 9.64 Å². The topological polar surface area (TPSA) is 89.3 Å². The predicted octanol–water partition coefficient (Wildman–Crippen LogP) is 3.37. The molecule has 7 nitrogen and oxygen atoms in total. The second kappa shape index (κ2) is 11.4. The molecule has 1 fully saturated rings. The third kappa shape index (κ3) is 6.12. The molecule has 0 spiro atoms. The van der Waals surface area contributed by atoms with Gasteiger partial charge in [0.2, 0.25) is 0 Å². The molecule has 0 saturated carbocycles.